The largest absolute Gasteiger partial charge is 0.332 e. The van der Waals surface area contributed by atoms with Crippen molar-refractivity contribution in [3.63, 3.8) is 0 Å². The minimum Gasteiger partial charge on any atom is -0.332 e. The molecule has 2 aliphatic rings. The van der Waals surface area contributed by atoms with Gasteiger partial charge in [-0.3, -0.25) is 4.79 Å². The zero-order valence-corrected chi connectivity index (χ0v) is 15.4. The molecule has 2 aliphatic heterocycles. The Labute approximate surface area is 150 Å². The van der Waals surface area contributed by atoms with E-state index in [2.05, 4.69) is 6.58 Å². The van der Waals surface area contributed by atoms with E-state index in [0.29, 0.717) is 26.1 Å². The van der Waals surface area contributed by atoms with E-state index >= 15 is 0 Å². The van der Waals surface area contributed by atoms with Crippen LogP contribution in [0, 0.1) is 0 Å². The van der Waals surface area contributed by atoms with Crippen LogP contribution in [-0.4, -0.2) is 48.7 Å². The standard InChI is InChI=1S/C19H26N2O3S/c1-2-13-21-18(22)10-6-11-19(21)12-7-14-20(16-19)25(23,24)15-17-8-4-3-5-9-17/h2-5,8-9H,1,6-7,10-16H2/t19-/m1/s1. The van der Waals surface area contributed by atoms with Crippen LogP contribution in [0.4, 0.5) is 0 Å². The van der Waals surface area contributed by atoms with Crippen LogP contribution in [0.15, 0.2) is 43.0 Å². The van der Waals surface area contributed by atoms with E-state index in [1.54, 1.807) is 10.4 Å². The number of hydrogen-bond donors (Lipinski definition) is 0. The van der Waals surface area contributed by atoms with Gasteiger partial charge in [-0.25, -0.2) is 8.42 Å². The van der Waals surface area contributed by atoms with Gasteiger partial charge >= 0.3 is 0 Å². The molecule has 136 valence electrons. The molecule has 1 spiro atoms. The second-order valence-corrected chi connectivity index (χ2v) is 9.02. The van der Waals surface area contributed by atoms with Crippen LogP contribution < -0.4 is 0 Å². The van der Waals surface area contributed by atoms with Gasteiger partial charge in [-0.2, -0.15) is 4.31 Å². The lowest BCUT2D eigenvalue weighted by Crippen LogP contribution is -2.63. The Bertz CT molecular complexity index is 728. The third-order valence-electron chi connectivity index (χ3n) is 5.32. The Morgan fingerprint density at radius 3 is 2.60 bits per heavy atom. The average molecular weight is 362 g/mol. The number of amides is 1. The molecule has 6 heteroatoms. The van der Waals surface area contributed by atoms with Crippen molar-refractivity contribution < 1.29 is 13.2 Å². The predicted molar refractivity (Wildman–Crippen MR) is 98.4 cm³/mol. The number of likely N-dealkylation sites (tertiary alicyclic amines) is 1. The molecule has 2 heterocycles. The Morgan fingerprint density at radius 2 is 1.88 bits per heavy atom. The first-order valence-electron chi connectivity index (χ1n) is 8.90. The number of rotatable bonds is 5. The molecule has 1 aromatic rings. The third-order valence-corrected chi connectivity index (χ3v) is 7.12. The van der Waals surface area contributed by atoms with Gasteiger partial charge in [-0.15, -0.1) is 6.58 Å². The number of carbonyl (C=O) groups excluding carboxylic acids is 1. The fourth-order valence-electron chi connectivity index (χ4n) is 4.14. The first-order chi connectivity index (χ1) is 12.0. The summed E-state index contributed by atoms with van der Waals surface area (Å²) in [6.07, 6.45) is 5.64. The van der Waals surface area contributed by atoms with Crippen molar-refractivity contribution in [2.45, 2.75) is 43.4 Å². The van der Waals surface area contributed by atoms with Crippen molar-refractivity contribution in [3.05, 3.63) is 48.6 Å². The van der Waals surface area contributed by atoms with Crippen LogP contribution in [-0.2, 0) is 20.6 Å². The fourth-order valence-corrected chi connectivity index (χ4v) is 5.78. The van der Waals surface area contributed by atoms with Crippen molar-refractivity contribution in [3.8, 4) is 0 Å². The molecule has 2 fully saturated rings. The van der Waals surface area contributed by atoms with Crippen LogP contribution in [0.3, 0.4) is 0 Å². The van der Waals surface area contributed by atoms with E-state index in [0.717, 1.165) is 31.2 Å². The van der Waals surface area contributed by atoms with Crippen LogP contribution in [0.2, 0.25) is 0 Å². The summed E-state index contributed by atoms with van der Waals surface area (Å²) in [4.78, 5) is 14.3. The lowest BCUT2D eigenvalue weighted by molar-refractivity contribution is -0.143. The van der Waals surface area contributed by atoms with Gasteiger partial charge in [-0.1, -0.05) is 36.4 Å². The number of nitrogens with zero attached hydrogens (tertiary/aromatic N) is 2. The average Bonchev–Trinajstić information content (AvgIpc) is 2.59. The number of benzene rings is 1. The second-order valence-electron chi connectivity index (χ2n) is 7.05. The molecular formula is C19H26N2O3S. The fraction of sp³-hybridized carbons (Fsp3) is 0.526. The number of sulfonamides is 1. The molecule has 25 heavy (non-hydrogen) atoms. The van der Waals surface area contributed by atoms with Gasteiger partial charge in [0.15, 0.2) is 0 Å². The van der Waals surface area contributed by atoms with Gasteiger partial charge in [0.05, 0.1) is 11.3 Å². The summed E-state index contributed by atoms with van der Waals surface area (Å²) in [7, 11) is -3.40. The number of carbonyl (C=O) groups is 1. The zero-order valence-electron chi connectivity index (χ0n) is 14.6. The first kappa shape index (κ1) is 18.1. The Morgan fingerprint density at radius 1 is 1.16 bits per heavy atom. The number of hydrogen-bond acceptors (Lipinski definition) is 3. The predicted octanol–water partition coefficient (Wildman–Crippen LogP) is 2.55. The van der Waals surface area contributed by atoms with Gasteiger partial charge in [0.2, 0.25) is 15.9 Å². The monoisotopic (exact) mass is 362 g/mol. The third kappa shape index (κ3) is 3.80. The highest BCUT2D eigenvalue weighted by Crippen LogP contribution is 2.37. The molecule has 1 amide bonds. The summed E-state index contributed by atoms with van der Waals surface area (Å²) in [6, 6.07) is 9.27. The molecule has 1 atom stereocenters. The summed E-state index contributed by atoms with van der Waals surface area (Å²) in [5.41, 5.74) is 0.427. The van der Waals surface area contributed by atoms with E-state index in [-0.39, 0.29) is 17.2 Å². The second kappa shape index (κ2) is 7.30. The Kier molecular flexibility index (Phi) is 5.29. The molecule has 1 aromatic carbocycles. The Balaban J connectivity index is 1.82. The molecule has 0 N–H and O–H groups in total. The minimum absolute atomic E-state index is 0.0132. The molecule has 0 aliphatic carbocycles. The normalized spacial score (nSPS) is 25.3. The smallest absolute Gasteiger partial charge is 0.223 e. The van der Waals surface area contributed by atoms with E-state index in [1.165, 1.54) is 0 Å². The molecule has 0 radical (unpaired) electrons. The van der Waals surface area contributed by atoms with Crippen LogP contribution >= 0.6 is 0 Å². The lowest BCUT2D eigenvalue weighted by atomic mass is 9.80. The molecule has 3 rings (SSSR count). The molecule has 2 saturated heterocycles. The summed E-state index contributed by atoms with van der Waals surface area (Å²) < 4.78 is 27.5. The SMILES string of the molecule is C=CCN1C(=O)CCC[C@]12CCCN(S(=O)(=O)Cc1ccccc1)C2. The quantitative estimate of drug-likeness (QED) is 0.757. The topological polar surface area (TPSA) is 57.7 Å². The van der Waals surface area contributed by atoms with Gasteiger partial charge < -0.3 is 4.90 Å². The van der Waals surface area contributed by atoms with E-state index in [1.807, 2.05) is 35.2 Å². The molecule has 0 unspecified atom stereocenters. The molecule has 0 aromatic heterocycles. The van der Waals surface area contributed by atoms with Crippen molar-refractivity contribution in [2.75, 3.05) is 19.6 Å². The maximum atomic E-state index is 12.9. The maximum absolute atomic E-state index is 12.9. The van der Waals surface area contributed by atoms with Crippen molar-refractivity contribution in [1.82, 2.24) is 9.21 Å². The highest BCUT2D eigenvalue weighted by atomic mass is 32.2. The van der Waals surface area contributed by atoms with Crippen LogP contribution in [0.5, 0.6) is 0 Å². The van der Waals surface area contributed by atoms with Gasteiger partial charge in [-0.05, 0) is 31.2 Å². The molecular weight excluding hydrogens is 336 g/mol. The highest BCUT2D eigenvalue weighted by molar-refractivity contribution is 7.88. The summed E-state index contributed by atoms with van der Waals surface area (Å²) in [5, 5.41) is 0. The van der Waals surface area contributed by atoms with Crippen molar-refractivity contribution in [1.29, 1.82) is 0 Å². The Hall–Kier alpha value is -1.66. The van der Waals surface area contributed by atoms with Gasteiger partial charge in [0, 0.05) is 26.1 Å². The first-order valence-corrected chi connectivity index (χ1v) is 10.5. The van der Waals surface area contributed by atoms with Crippen molar-refractivity contribution in [2.24, 2.45) is 0 Å². The van der Waals surface area contributed by atoms with Crippen molar-refractivity contribution >= 4 is 15.9 Å². The zero-order chi connectivity index (χ0) is 17.9. The maximum Gasteiger partial charge on any atom is 0.223 e. The molecule has 5 nitrogen and oxygen atoms in total. The van der Waals surface area contributed by atoms with E-state index in [9.17, 15) is 13.2 Å². The molecule has 0 saturated carbocycles. The van der Waals surface area contributed by atoms with E-state index < -0.39 is 10.0 Å². The van der Waals surface area contributed by atoms with Gasteiger partial charge in [0.25, 0.3) is 0 Å². The minimum atomic E-state index is -3.40. The van der Waals surface area contributed by atoms with Crippen LogP contribution in [0.25, 0.3) is 0 Å². The molecule has 0 bridgehead atoms. The van der Waals surface area contributed by atoms with Crippen LogP contribution in [0.1, 0.15) is 37.7 Å². The summed E-state index contributed by atoms with van der Waals surface area (Å²) in [6.45, 7) is 5.20. The summed E-state index contributed by atoms with van der Waals surface area (Å²) >= 11 is 0. The van der Waals surface area contributed by atoms with Gasteiger partial charge in [0.1, 0.15) is 0 Å². The van der Waals surface area contributed by atoms with E-state index in [4.69, 9.17) is 0 Å². The lowest BCUT2D eigenvalue weighted by Gasteiger charge is -2.51. The number of piperidine rings is 2. The highest BCUT2D eigenvalue weighted by Gasteiger charge is 2.46. The summed E-state index contributed by atoms with van der Waals surface area (Å²) in [5.74, 6) is 0.132.